The summed E-state index contributed by atoms with van der Waals surface area (Å²) in [5.74, 6) is 0.197. The first-order chi connectivity index (χ1) is 18.1. The van der Waals surface area contributed by atoms with E-state index in [1.807, 2.05) is 19.2 Å². The van der Waals surface area contributed by atoms with Crippen molar-refractivity contribution in [1.82, 2.24) is 20.1 Å². The van der Waals surface area contributed by atoms with Crippen molar-refractivity contribution < 1.29 is 23.1 Å². The summed E-state index contributed by atoms with van der Waals surface area (Å²) < 4.78 is 44.0. The first kappa shape index (κ1) is 26.4. The normalized spacial score (nSPS) is 17.4. The standard InChI is InChI=1S/C28H32F3N5O2/c1-27(7-4-8-27)32-14-19-11-22-23(24(12-19)28(29,30)31)15-36(26(22)38)21-6-3-5-18(10-21)9-20(16-37)13-25-34-33-17-35(25)2/h3,5-6,10-12,17,20,32,37H,4,7-9,13-16H2,1-2H3/t20-/m1/s1. The number of nitrogens with zero attached hydrogens (tertiary/aromatic N) is 4. The number of hydrogen-bond acceptors (Lipinski definition) is 5. The summed E-state index contributed by atoms with van der Waals surface area (Å²) in [5, 5.41) is 21.3. The van der Waals surface area contributed by atoms with Crippen LogP contribution in [0.25, 0.3) is 0 Å². The Labute approximate surface area is 219 Å². The summed E-state index contributed by atoms with van der Waals surface area (Å²) in [6.07, 6.45) is 1.17. The van der Waals surface area contributed by atoms with Gasteiger partial charge in [0.2, 0.25) is 0 Å². The lowest BCUT2D eigenvalue weighted by molar-refractivity contribution is -0.138. The van der Waals surface area contributed by atoms with E-state index in [-0.39, 0.29) is 42.3 Å². The highest BCUT2D eigenvalue weighted by molar-refractivity contribution is 6.10. The van der Waals surface area contributed by atoms with Crippen LogP contribution in [0.4, 0.5) is 18.9 Å². The molecule has 10 heteroatoms. The number of rotatable bonds is 9. The molecule has 1 aromatic heterocycles. The van der Waals surface area contributed by atoms with Gasteiger partial charge in [0, 0.05) is 43.4 Å². The van der Waals surface area contributed by atoms with Crippen molar-refractivity contribution in [2.24, 2.45) is 13.0 Å². The molecular formula is C28H32F3N5O2. The number of fused-ring (bicyclic) bond motifs is 1. The summed E-state index contributed by atoms with van der Waals surface area (Å²) in [4.78, 5) is 14.8. The van der Waals surface area contributed by atoms with Crippen LogP contribution in [0.1, 0.15) is 64.6 Å². The van der Waals surface area contributed by atoms with Gasteiger partial charge in [0.05, 0.1) is 12.1 Å². The summed E-state index contributed by atoms with van der Waals surface area (Å²) >= 11 is 0. The molecule has 2 heterocycles. The number of amides is 1. The number of aromatic nitrogens is 3. The van der Waals surface area contributed by atoms with Crippen molar-refractivity contribution in [1.29, 1.82) is 0 Å². The second-order valence-corrected chi connectivity index (χ2v) is 10.8. The van der Waals surface area contributed by atoms with Crippen molar-refractivity contribution in [3.63, 3.8) is 0 Å². The Morgan fingerprint density at radius 3 is 2.58 bits per heavy atom. The van der Waals surface area contributed by atoms with E-state index in [1.54, 1.807) is 29.1 Å². The number of carbonyl (C=O) groups is 1. The number of aryl methyl sites for hydroxylation is 1. The summed E-state index contributed by atoms with van der Waals surface area (Å²) in [7, 11) is 1.84. The maximum atomic E-state index is 14.1. The SMILES string of the molecule is Cn1cnnc1C[C@H](CO)Cc1cccc(N2Cc3c(cc(CNC4(C)CCC4)cc3C(F)(F)F)C2=O)c1. The van der Waals surface area contributed by atoms with Gasteiger partial charge in [0.15, 0.2) is 0 Å². The summed E-state index contributed by atoms with van der Waals surface area (Å²) in [6, 6.07) is 10.0. The van der Waals surface area contributed by atoms with E-state index in [2.05, 4.69) is 22.4 Å². The third-order valence-electron chi connectivity index (χ3n) is 7.86. The van der Waals surface area contributed by atoms with Crippen molar-refractivity contribution in [2.75, 3.05) is 11.5 Å². The molecule has 0 bridgehead atoms. The average Bonchev–Trinajstić information content (AvgIpc) is 3.42. The molecule has 1 aliphatic carbocycles. The third kappa shape index (κ3) is 5.33. The van der Waals surface area contributed by atoms with Gasteiger partial charge in [-0.05, 0) is 79.5 Å². The maximum absolute atomic E-state index is 14.1. The summed E-state index contributed by atoms with van der Waals surface area (Å²) in [5.41, 5.74) is 1.19. The predicted molar refractivity (Wildman–Crippen MR) is 136 cm³/mol. The Hall–Kier alpha value is -3.24. The highest BCUT2D eigenvalue weighted by Crippen LogP contribution is 2.40. The van der Waals surface area contributed by atoms with E-state index in [0.717, 1.165) is 30.7 Å². The highest BCUT2D eigenvalue weighted by Gasteiger charge is 2.41. The fraction of sp³-hybridized carbons (Fsp3) is 0.464. The molecule has 7 nitrogen and oxygen atoms in total. The second kappa shape index (κ2) is 10.1. The van der Waals surface area contributed by atoms with E-state index < -0.39 is 17.6 Å². The van der Waals surface area contributed by atoms with Crippen LogP contribution in [0.3, 0.4) is 0 Å². The molecule has 1 amide bonds. The number of carbonyl (C=O) groups excluding carboxylic acids is 1. The maximum Gasteiger partial charge on any atom is 0.416 e. The van der Waals surface area contributed by atoms with Gasteiger partial charge >= 0.3 is 6.18 Å². The highest BCUT2D eigenvalue weighted by atomic mass is 19.4. The molecule has 5 rings (SSSR count). The molecule has 0 radical (unpaired) electrons. The van der Waals surface area contributed by atoms with Gasteiger partial charge in [-0.25, -0.2) is 0 Å². The van der Waals surface area contributed by atoms with E-state index in [0.29, 0.717) is 24.1 Å². The lowest BCUT2D eigenvalue weighted by atomic mass is 9.78. The number of aliphatic hydroxyl groups is 1. The Morgan fingerprint density at radius 1 is 1.16 bits per heavy atom. The Balaban J connectivity index is 1.38. The van der Waals surface area contributed by atoms with Gasteiger partial charge in [0.25, 0.3) is 5.91 Å². The minimum Gasteiger partial charge on any atom is -0.396 e. The van der Waals surface area contributed by atoms with Crippen LogP contribution in [0.15, 0.2) is 42.7 Å². The molecule has 0 saturated heterocycles. The molecule has 1 aliphatic heterocycles. The fourth-order valence-electron chi connectivity index (χ4n) is 5.37. The number of nitrogens with one attached hydrogen (secondary N) is 1. The Morgan fingerprint density at radius 2 is 1.95 bits per heavy atom. The van der Waals surface area contributed by atoms with E-state index in [1.165, 1.54) is 11.0 Å². The van der Waals surface area contributed by atoms with Crippen molar-refractivity contribution in [3.8, 4) is 0 Å². The molecule has 2 aliphatic rings. The lowest BCUT2D eigenvalue weighted by Gasteiger charge is -2.39. The molecule has 1 fully saturated rings. The van der Waals surface area contributed by atoms with Crippen molar-refractivity contribution in [3.05, 3.63) is 76.4 Å². The minimum atomic E-state index is -4.56. The lowest BCUT2D eigenvalue weighted by Crippen LogP contribution is -2.47. The van der Waals surface area contributed by atoms with Gasteiger partial charge in [0.1, 0.15) is 12.2 Å². The molecule has 1 atom stereocenters. The van der Waals surface area contributed by atoms with Crippen LogP contribution in [0.5, 0.6) is 0 Å². The number of halogens is 3. The first-order valence-corrected chi connectivity index (χ1v) is 12.9. The van der Waals surface area contributed by atoms with Gasteiger partial charge in [-0.15, -0.1) is 10.2 Å². The zero-order valence-corrected chi connectivity index (χ0v) is 21.6. The van der Waals surface area contributed by atoms with Gasteiger partial charge in [-0.1, -0.05) is 12.1 Å². The van der Waals surface area contributed by atoms with Crippen LogP contribution in [0.2, 0.25) is 0 Å². The molecular weight excluding hydrogens is 495 g/mol. The molecule has 0 spiro atoms. The van der Waals surface area contributed by atoms with E-state index in [4.69, 9.17) is 0 Å². The van der Waals surface area contributed by atoms with Crippen LogP contribution in [-0.4, -0.2) is 37.9 Å². The quantitative estimate of drug-likeness (QED) is 0.431. The van der Waals surface area contributed by atoms with Gasteiger partial charge in [-0.2, -0.15) is 13.2 Å². The van der Waals surface area contributed by atoms with Crippen molar-refractivity contribution >= 4 is 11.6 Å². The molecule has 3 aromatic rings. The molecule has 2 N–H and O–H groups in total. The van der Waals surface area contributed by atoms with Gasteiger partial charge < -0.3 is 19.9 Å². The van der Waals surface area contributed by atoms with Crippen LogP contribution < -0.4 is 10.2 Å². The summed E-state index contributed by atoms with van der Waals surface area (Å²) in [6.45, 7) is 2.16. The monoisotopic (exact) mass is 527 g/mol. The van der Waals surface area contributed by atoms with Gasteiger partial charge in [-0.3, -0.25) is 4.79 Å². The zero-order chi connectivity index (χ0) is 27.1. The van der Waals surface area contributed by atoms with Crippen LogP contribution in [-0.2, 0) is 39.2 Å². The smallest absolute Gasteiger partial charge is 0.396 e. The number of anilines is 1. The number of benzene rings is 2. The number of alkyl halides is 3. The molecule has 202 valence electrons. The minimum absolute atomic E-state index is 0.0158. The topological polar surface area (TPSA) is 83.3 Å². The molecule has 1 saturated carbocycles. The molecule has 0 unspecified atom stereocenters. The van der Waals surface area contributed by atoms with Crippen molar-refractivity contribution in [2.45, 2.75) is 63.8 Å². The molecule has 2 aromatic carbocycles. The third-order valence-corrected chi connectivity index (χ3v) is 7.86. The largest absolute Gasteiger partial charge is 0.416 e. The number of aliphatic hydroxyl groups excluding tert-OH is 1. The average molecular weight is 528 g/mol. The van der Waals surface area contributed by atoms with Crippen LogP contribution in [0, 0.1) is 5.92 Å². The predicted octanol–water partition coefficient (Wildman–Crippen LogP) is 4.42. The second-order valence-electron chi connectivity index (χ2n) is 10.8. The van der Waals surface area contributed by atoms with Crippen LogP contribution >= 0.6 is 0 Å². The Bertz CT molecular complexity index is 1330. The Kier molecular flexibility index (Phi) is 7.04. The van der Waals surface area contributed by atoms with E-state index >= 15 is 0 Å². The molecule has 38 heavy (non-hydrogen) atoms. The van der Waals surface area contributed by atoms with E-state index in [9.17, 15) is 23.1 Å². The first-order valence-electron chi connectivity index (χ1n) is 12.9. The zero-order valence-electron chi connectivity index (χ0n) is 21.6. The fourth-order valence-corrected chi connectivity index (χ4v) is 5.37. The number of hydrogen-bond donors (Lipinski definition) is 2.